The SMILES string of the molecule is CCC(CSC)N(C)C(=O)c1n[nH]c(C2CC2)c1N. The molecule has 1 aliphatic carbocycles. The minimum absolute atomic E-state index is 0.0819. The Bertz CT molecular complexity index is 455. The van der Waals surface area contributed by atoms with Crippen molar-refractivity contribution in [1.29, 1.82) is 0 Å². The monoisotopic (exact) mass is 282 g/mol. The van der Waals surface area contributed by atoms with Crippen molar-refractivity contribution in [3.63, 3.8) is 0 Å². The van der Waals surface area contributed by atoms with Gasteiger partial charge in [0, 0.05) is 24.8 Å². The van der Waals surface area contributed by atoms with Crippen LogP contribution >= 0.6 is 11.8 Å². The van der Waals surface area contributed by atoms with Crippen LogP contribution in [0.15, 0.2) is 0 Å². The van der Waals surface area contributed by atoms with E-state index in [1.54, 1.807) is 16.7 Å². The molecule has 1 aliphatic rings. The summed E-state index contributed by atoms with van der Waals surface area (Å²) in [5.41, 5.74) is 7.91. The van der Waals surface area contributed by atoms with E-state index in [0.29, 0.717) is 17.3 Å². The number of carbonyl (C=O) groups excluding carboxylic acids is 1. The van der Waals surface area contributed by atoms with Crippen LogP contribution in [0.25, 0.3) is 0 Å². The van der Waals surface area contributed by atoms with Gasteiger partial charge in [0.1, 0.15) is 0 Å². The van der Waals surface area contributed by atoms with Gasteiger partial charge in [0.2, 0.25) is 0 Å². The first-order valence-electron chi connectivity index (χ1n) is 6.69. The van der Waals surface area contributed by atoms with Gasteiger partial charge in [-0.15, -0.1) is 0 Å². The molecule has 106 valence electrons. The van der Waals surface area contributed by atoms with Gasteiger partial charge in [0.15, 0.2) is 5.69 Å². The molecular weight excluding hydrogens is 260 g/mol. The van der Waals surface area contributed by atoms with Crippen LogP contribution < -0.4 is 5.73 Å². The molecule has 3 N–H and O–H groups in total. The molecule has 0 aliphatic heterocycles. The van der Waals surface area contributed by atoms with E-state index < -0.39 is 0 Å². The van der Waals surface area contributed by atoms with Crippen molar-refractivity contribution in [3.8, 4) is 0 Å². The van der Waals surface area contributed by atoms with Crippen LogP contribution in [0.2, 0.25) is 0 Å². The molecule has 1 unspecified atom stereocenters. The van der Waals surface area contributed by atoms with E-state index in [0.717, 1.165) is 30.7 Å². The lowest BCUT2D eigenvalue weighted by molar-refractivity contribution is 0.0738. The summed E-state index contributed by atoms with van der Waals surface area (Å²) in [6.07, 6.45) is 5.26. The first kappa shape index (κ1) is 14.2. The van der Waals surface area contributed by atoms with E-state index in [1.165, 1.54) is 0 Å². The van der Waals surface area contributed by atoms with Gasteiger partial charge in [0.05, 0.1) is 11.4 Å². The summed E-state index contributed by atoms with van der Waals surface area (Å²) in [7, 11) is 1.83. The Kier molecular flexibility index (Phi) is 4.39. The minimum Gasteiger partial charge on any atom is -0.395 e. The molecule has 6 heteroatoms. The highest BCUT2D eigenvalue weighted by Gasteiger charge is 2.31. The van der Waals surface area contributed by atoms with Gasteiger partial charge < -0.3 is 10.6 Å². The lowest BCUT2D eigenvalue weighted by Crippen LogP contribution is -2.38. The van der Waals surface area contributed by atoms with E-state index in [1.807, 2.05) is 7.05 Å². The van der Waals surface area contributed by atoms with Crippen LogP contribution in [-0.4, -0.2) is 46.1 Å². The number of nitrogen functional groups attached to an aromatic ring is 1. The molecule has 5 nitrogen and oxygen atoms in total. The van der Waals surface area contributed by atoms with Crippen molar-refractivity contribution in [2.45, 2.75) is 38.1 Å². The predicted octanol–water partition coefficient (Wildman–Crippen LogP) is 2.08. The van der Waals surface area contributed by atoms with Gasteiger partial charge in [-0.2, -0.15) is 16.9 Å². The van der Waals surface area contributed by atoms with Crippen molar-refractivity contribution >= 4 is 23.4 Å². The summed E-state index contributed by atoms with van der Waals surface area (Å²) in [4.78, 5) is 14.2. The van der Waals surface area contributed by atoms with Gasteiger partial charge in [-0.1, -0.05) is 6.92 Å². The summed E-state index contributed by atoms with van der Waals surface area (Å²) in [5, 5.41) is 7.06. The highest BCUT2D eigenvalue weighted by atomic mass is 32.2. The molecule has 0 saturated heterocycles. The molecule has 0 radical (unpaired) electrons. The zero-order chi connectivity index (χ0) is 14.0. The second-order valence-corrected chi connectivity index (χ2v) is 6.02. The minimum atomic E-state index is -0.0819. The third-order valence-corrected chi connectivity index (χ3v) is 4.44. The Morgan fingerprint density at radius 2 is 2.32 bits per heavy atom. The number of hydrogen-bond acceptors (Lipinski definition) is 4. The first-order chi connectivity index (χ1) is 9.10. The summed E-state index contributed by atoms with van der Waals surface area (Å²) < 4.78 is 0. The molecule has 2 rings (SSSR count). The fourth-order valence-corrected chi connectivity index (χ4v) is 3.08. The molecule has 19 heavy (non-hydrogen) atoms. The van der Waals surface area contributed by atoms with Crippen LogP contribution in [0.5, 0.6) is 0 Å². The van der Waals surface area contributed by atoms with E-state index >= 15 is 0 Å². The molecule has 1 atom stereocenters. The number of aromatic nitrogens is 2. The zero-order valence-electron chi connectivity index (χ0n) is 11.8. The summed E-state index contributed by atoms with van der Waals surface area (Å²) in [5.74, 6) is 1.33. The van der Waals surface area contributed by atoms with Crippen LogP contribution in [0.1, 0.15) is 48.3 Å². The number of nitrogens with two attached hydrogens (primary N) is 1. The van der Waals surface area contributed by atoms with Crippen molar-refractivity contribution < 1.29 is 4.79 Å². The first-order valence-corrected chi connectivity index (χ1v) is 8.09. The maximum Gasteiger partial charge on any atom is 0.276 e. The molecule has 1 aromatic heterocycles. The largest absolute Gasteiger partial charge is 0.395 e. The number of H-pyrrole nitrogens is 1. The molecule has 0 spiro atoms. The quantitative estimate of drug-likeness (QED) is 0.837. The number of aromatic amines is 1. The number of nitrogens with one attached hydrogen (secondary N) is 1. The number of anilines is 1. The lowest BCUT2D eigenvalue weighted by atomic mass is 10.2. The van der Waals surface area contributed by atoms with Gasteiger partial charge in [-0.25, -0.2) is 0 Å². The third-order valence-electron chi connectivity index (χ3n) is 3.72. The summed E-state index contributed by atoms with van der Waals surface area (Å²) >= 11 is 1.75. The number of rotatable bonds is 6. The fourth-order valence-electron chi connectivity index (χ4n) is 2.24. The zero-order valence-corrected chi connectivity index (χ0v) is 12.6. The molecule has 1 aromatic rings. The van der Waals surface area contributed by atoms with Gasteiger partial charge in [-0.3, -0.25) is 9.89 Å². The smallest absolute Gasteiger partial charge is 0.276 e. The number of amides is 1. The highest BCUT2D eigenvalue weighted by Crippen LogP contribution is 2.42. The number of nitrogens with zero attached hydrogens (tertiary/aromatic N) is 2. The third kappa shape index (κ3) is 2.88. The highest BCUT2D eigenvalue weighted by molar-refractivity contribution is 7.98. The Morgan fingerprint density at radius 1 is 1.63 bits per heavy atom. The standard InChI is InChI=1S/C13H22N4OS/c1-4-9(7-19-3)17(2)13(18)12-10(14)11(15-16-12)8-5-6-8/h8-9H,4-7,14H2,1-3H3,(H,15,16). The predicted molar refractivity (Wildman–Crippen MR) is 79.5 cm³/mol. The molecule has 0 aromatic carbocycles. The topological polar surface area (TPSA) is 75.0 Å². The Labute approximate surface area is 118 Å². The molecule has 1 saturated carbocycles. The number of hydrogen-bond donors (Lipinski definition) is 2. The van der Waals surface area contributed by atoms with E-state index in [4.69, 9.17) is 5.73 Å². The molecule has 1 amide bonds. The molecule has 1 fully saturated rings. The maximum absolute atomic E-state index is 12.5. The Balaban J connectivity index is 2.14. The fraction of sp³-hybridized carbons (Fsp3) is 0.692. The number of thioether (sulfide) groups is 1. The molecular formula is C13H22N4OS. The average Bonchev–Trinajstić information content (AvgIpc) is 3.18. The van der Waals surface area contributed by atoms with Crippen LogP contribution in [0, 0.1) is 0 Å². The second kappa shape index (κ2) is 5.86. The van der Waals surface area contributed by atoms with Crippen molar-refractivity contribution in [2.24, 2.45) is 0 Å². The van der Waals surface area contributed by atoms with Crippen molar-refractivity contribution in [2.75, 3.05) is 24.8 Å². The summed E-state index contributed by atoms with van der Waals surface area (Å²) in [6, 6.07) is 0.225. The normalized spacial score (nSPS) is 16.4. The Morgan fingerprint density at radius 3 is 2.84 bits per heavy atom. The van der Waals surface area contributed by atoms with Crippen molar-refractivity contribution in [3.05, 3.63) is 11.4 Å². The van der Waals surface area contributed by atoms with E-state index in [-0.39, 0.29) is 11.9 Å². The van der Waals surface area contributed by atoms with Gasteiger partial charge in [-0.05, 0) is 25.5 Å². The molecule has 0 bridgehead atoms. The van der Waals surface area contributed by atoms with Crippen LogP contribution in [0.4, 0.5) is 5.69 Å². The van der Waals surface area contributed by atoms with Crippen LogP contribution in [-0.2, 0) is 0 Å². The van der Waals surface area contributed by atoms with Crippen LogP contribution in [0.3, 0.4) is 0 Å². The number of carbonyl (C=O) groups is 1. The van der Waals surface area contributed by atoms with Gasteiger partial charge >= 0.3 is 0 Å². The Hall–Kier alpha value is -1.17. The molecule has 1 heterocycles. The van der Waals surface area contributed by atoms with Crippen molar-refractivity contribution in [1.82, 2.24) is 15.1 Å². The van der Waals surface area contributed by atoms with E-state index in [9.17, 15) is 4.79 Å². The second-order valence-electron chi connectivity index (χ2n) is 5.11. The van der Waals surface area contributed by atoms with E-state index in [2.05, 4.69) is 23.4 Å². The summed E-state index contributed by atoms with van der Waals surface area (Å²) in [6.45, 7) is 2.09. The maximum atomic E-state index is 12.5. The van der Waals surface area contributed by atoms with Gasteiger partial charge in [0.25, 0.3) is 5.91 Å². The lowest BCUT2D eigenvalue weighted by Gasteiger charge is -2.26. The average molecular weight is 282 g/mol.